The van der Waals surface area contributed by atoms with Gasteiger partial charge in [-0.25, -0.2) is 15.0 Å². The van der Waals surface area contributed by atoms with E-state index in [1.54, 1.807) is 43.7 Å². The molecule has 7 nitrogen and oxygen atoms in total. The number of fused-ring (bicyclic) bond motifs is 1. The first-order chi connectivity index (χ1) is 13.8. The number of nitrogens with zero attached hydrogens (tertiary/aromatic N) is 3. The highest BCUT2D eigenvalue weighted by Crippen LogP contribution is 2.33. The summed E-state index contributed by atoms with van der Waals surface area (Å²) in [5.74, 6) is 1.65. The number of rotatable bonds is 4. The van der Waals surface area contributed by atoms with Gasteiger partial charge < -0.3 is 15.0 Å². The first-order valence-corrected chi connectivity index (χ1v) is 9.00. The quantitative estimate of drug-likeness (QED) is 0.554. The van der Waals surface area contributed by atoms with E-state index in [4.69, 9.17) is 4.74 Å². The minimum atomic E-state index is -0.163. The van der Waals surface area contributed by atoms with Crippen LogP contribution >= 0.6 is 0 Å². The smallest absolute Gasteiger partial charge is 0.255 e. The van der Waals surface area contributed by atoms with Crippen LogP contribution < -0.4 is 15.6 Å². The van der Waals surface area contributed by atoms with Gasteiger partial charge in [0.25, 0.3) is 5.56 Å². The number of benzene rings is 1. The molecule has 142 valence electrons. The summed E-state index contributed by atoms with van der Waals surface area (Å²) >= 11 is 0. The van der Waals surface area contributed by atoms with E-state index in [1.807, 2.05) is 32.0 Å². The van der Waals surface area contributed by atoms with Gasteiger partial charge in [0.1, 0.15) is 17.9 Å². The van der Waals surface area contributed by atoms with Crippen molar-refractivity contribution in [1.82, 2.24) is 19.9 Å². The fourth-order valence-electron chi connectivity index (χ4n) is 2.69. The van der Waals surface area contributed by atoms with E-state index in [9.17, 15) is 4.79 Å². The molecule has 0 saturated carbocycles. The third kappa shape index (κ3) is 3.83. The molecule has 0 unspecified atom stereocenters. The van der Waals surface area contributed by atoms with Gasteiger partial charge in [-0.1, -0.05) is 19.9 Å². The Bertz CT molecular complexity index is 1140. The zero-order chi connectivity index (χ0) is 19.9. The number of H-pyrrole nitrogens is 1. The van der Waals surface area contributed by atoms with Crippen LogP contribution in [0.1, 0.15) is 13.8 Å². The number of nitrogens with one attached hydrogen (secondary N) is 2. The SMILES string of the molecule is CC.CNc1cc(-c2cccnc2Oc2cccc3c(=O)[nH]ccc23)ncn1. The van der Waals surface area contributed by atoms with E-state index in [0.717, 1.165) is 5.56 Å². The largest absolute Gasteiger partial charge is 0.438 e. The maximum atomic E-state index is 12.0. The monoisotopic (exact) mass is 375 g/mol. The minimum Gasteiger partial charge on any atom is -0.438 e. The van der Waals surface area contributed by atoms with Crippen molar-refractivity contribution in [3.8, 4) is 22.9 Å². The average Bonchev–Trinajstić information content (AvgIpc) is 2.76. The molecule has 0 aliphatic carbocycles. The van der Waals surface area contributed by atoms with Crippen LogP contribution in [0, 0.1) is 0 Å². The van der Waals surface area contributed by atoms with Gasteiger partial charge in [0.2, 0.25) is 5.88 Å². The Morgan fingerprint density at radius 3 is 2.68 bits per heavy atom. The molecule has 0 aliphatic rings. The summed E-state index contributed by atoms with van der Waals surface area (Å²) in [4.78, 5) is 27.4. The molecule has 0 atom stereocenters. The standard InChI is InChI=1S/C19H15N5O2.C2H6/c1-20-17-10-15(23-11-24-17)14-5-3-8-22-19(14)26-16-6-2-4-13-12(16)7-9-21-18(13)25;1-2/h2-11H,1H3,(H,21,25)(H,20,23,24);1-2H3. The minimum absolute atomic E-state index is 0.163. The van der Waals surface area contributed by atoms with Crippen LogP contribution in [0.3, 0.4) is 0 Å². The Labute approximate surface area is 162 Å². The van der Waals surface area contributed by atoms with Crippen LogP contribution in [0.2, 0.25) is 0 Å². The molecule has 28 heavy (non-hydrogen) atoms. The zero-order valence-electron chi connectivity index (χ0n) is 15.9. The van der Waals surface area contributed by atoms with Crippen LogP contribution in [0.25, 0.3) is 22.0 Å². The topological polar surface area (TPSA) is 92.8 Å². The van der Waals surface area contributed by atoms with Crippen molar-refractivity contribution < 1.29 is 4.74 Å². The summed E-state index contributed by atoms with van der Waals surface area (Å²) in [7, 11) is 1.79. The molecule has 0 radical (unpaired) electrons. The number of pyridine rings is 2. The molecule has 0 bridgehead atoms. The molecule has 7 heteroatoms. The van der Waals surface area contributed by atoms with Crippen molar-refractivity contribution in [3.63, 3.8) is 0 Å². The van der Waals surface area contributed by atoms with E-state index in [0.29, 0.717) is 33.9 Å². The predicted octanol–water partition coefficient (Wildman–Crippen LogP) is 4.24. The summed E-state index contributed by atoms with van der Waals surface area (Å²) in [5.41, 5.74) is 1.25. The first-order valence-electron chi connectivity index (χ1n) is 9.00. The van der Waals surface area contributed by atoms with Gasteiger partial charge in [0.15, 0.2) is 0 Å². The van der Waals surface area contributed by atoms with Gasteiger partial charge in [-0.05, 0) is 30.3 Å². The van der Waals surface area contributed by atoms with Crippen molar-refractivity contribution in [2.45, 2.75) is 13.8 Å². The van der Waals surface area contributed by atoms with Gasteiger partial charge in [0.05, 0.1) is 16.6 Å². The molecule has 0 fully saturated rings. The molecule has 0 aliphatic heterocycles. The second kappa shape index (κ2) is 8.77. The van der Waals surface area contributed by atoms with Crippen molar-refractivity contribution >= 4 is 16.6 Å². The third-order valence-corrected chi connectivity index (χ3v) is 3.95. The molecule has 3 heterocycles. The lowest BCUT2D eigenvalue weighted by Crippen LogP contribution is -2.04. The predicted molar refractivity (Wildman–Crippen MR) is 111 cm³/mol. The van der Waals surface area contributed by atoms with Crippen LogP contribution in [0.15, 0.2) is 66.0 Å². The number of hydrogen-bond acceptors (Lipinski definition) is 6. The molecule has 4 rings (SSSR count). The average molecular weight is 375 g/mol. The number of anilines is 1. The molecular weight excluding hydrogens is 354 g/mol. The molecule has 0 saturated heterocycles. The normalized spacial score (nSPS) is 10.1. The van der Waals surface area contributed by atoms with E-state index in [-0.39, 0.29) is 5.56 Å². The van der Waals surface area contributed by atoms with Gasteiger partial charge in [0, 0.05) is 30.9 Å². The Morgan fingerprint density at radius 2 is 1.86 bits per heavy atom. The van der Waals surface area contributed by atoms with Crippen molar-refractivity contribution in [2.75, 3.05) is 12.4 Å². The lowest BCUT2D eigenvalue weighted by molar-refractivity contribution is 0.470. The van der Waals surface area contributed by atoms with Gasteiger partial charge in [-0.2, -0.15) is 0 Å². The lowest BCUT2D eigenvalue weighted by Gasteiger charge is -2.11. The van der Waals surface area contributed by atoms with Crippen molar-refractivity contribution in [3.05, 3.63) is 71.5 Å². The molecule has 3 aromatic heterocycles. The maximum Gasteiger partial charge on any atom is 0.255 e. The van der Waals surface area contributed by atoms with Crippen LogP contribution in [-0.4, -0.2) is 27.0 Å². The van der Waals surface area contributed by atoms with Gasteiger partial charge in [-0.15, -0.1) is 0 Å². The second-order valence-electron chi connectivity index (χ2n) is 5.52. The Morgan fingerprint density at radius 1 is 1.00 bits per heavy atom. The summed E-state index contributed by atoms with van der Waals surface area (Å²) in [6, 6.07) is 12.7. The number of aromatic amines is 1. The third-order valence-electron chi connectivity index (χ3n) is 3.95. The van der Waals surface area contributed by atoms with E-state index >= 15 is 0 Å². The van der Waals surface area contributed by atoms with Gasteiger partial charge >= 0.3 is 0 Å². The summed E-state index contributed by atoms with van der Waals surface area (Å²) in [6.07, 6.45) is 4.73. The number of aromatic nitrogens is 4. The fraction of sp³-hybridized carbons (Fsp3) is 0.143. The molecule has 1 aromatic carbocycles. The van der Waals surface area contributed by atoms with Crippen LogP contribution in [0.5, 0.6) is 11.6 Å². The fourth-order valence-corrected chi connectivity index (χ4v) is 2.69. The highest BCUT2D eigenvalue weighted by atomic mass is 16.5. The van der Waals surface area contributed by atoms with Crippen LogP contribution in [0.4, 0.5) is 5.82 Å². The summed E-state index contributed by atoms with van der Waals surface area (Å²) in [6.45, 7) is 4.00. The van der Waals surface area contributed by atoms with Gasteiger partial charge in [-0.3, -0.25) is 4.79 Å². The maximum absolute atomic E-state index is 12.0. The zero-order valence-corrected chi connectivity index (χ0v) is 15.9. The number of hydrogen-bond donors (Lipinski definition) is 2. The second-order valence-corrected chi connectivity index (χ2v) is 5.52. The highest BCUT2D eigenvalue weighted by Gasteiger charge is 2.13. The van der Waals surface area contributed by atoms with E-state index in [1.165, 1.54) is 6.33 Å². The lowest BCUT2D eigenvalue weighted by atomic mass is 10.1. The Kier molecular flexibility index (Phi) is 5.96. The van der Waals surface area contributed by atoms with Crippen LogP contribution in [-0.2, 0) is 0 Å². The molecule has 0 amide bonds. The summed E-state index contributed by atoms with van der Waals surface area (Å²) < 4.78 is 6.06. The van der Waals surface area contributed by atoms with Crippen molar-refractivity contribution in [1.29, 1.82) is 0 Å². The van der Waals surface area contributed by atoms with E-state index in [2.05, 4.69) is 25.3 Å². The summed E-state index contributed by atoms with van der Waals surface area (Å²) in [5, 5.41) is 4.26. The van der Waals surface area contributed by atoms with Crippen molar-refractivity contribution in [2.24, 2.45) is 0 Å². The molecule has 2 N–H and O–H groups in total. The molecular formula is C21H21N5O2. The molecule has 0 spiro atoms. The molecule has 4 aromatic rings. The Balaban J connectivity index is 0.00000109. The first kappa shape index (κ1) is 19.0. The highest BCUT2D eigenvalue weighted by molar-refractivity contribution is 5.87. The number of ether oxygens (including phenoxy) is 1. The Hall–Kier alpha value is -3.74. The van der Waals surface area contributed by atoms with E-state index < -0.39 is 0 Å².